The second-order valence-corrected chi connectivity index (χ2v) is 6.00. The fraction of sp³-hybridized carbons (Fsp3) is 0.588. The molecule has 1 aromatic rings. The number of rotatable bonds is 6. The van der Waals surface area contributed by atoms with Crippen LogP contribution in [0.4, 0.5) is 13.2 Å². The van der Waals surface area contributed by atoms with Crippen molar-refractivity contribution in [3.63, 3.8) is 0 Å². The van der Waals surface area contributed by atoms with Crippen molar-refractivity contribution in [2.45, 2.75) is 19.1 Å². The fourth-order valence-electron chi connectivity index (χ4n) is 2.78. The summed E-state index contributed by atoms with van der Waals surface area (Å²) in [4.78, 5) is 6.48. The first-order chi connectivity index (χ1) is 11.9. The third-order valence-electron chi connectivity index (χ3n) is 3.98. The van der Waals surface area contributed by atoms with Crippen LogP contribution in [0.2, 0.25) is 0 Å². The van der Waals surface area contributed by atoms with E-state index < -0.39 is 12.8 Å². The lowest BCUT2D eigenvalue weighted by molar-refractivity contribution is -0.153. The molecule has 26 heavy (non-hydrogen) atoms. The van der Waals surface area contributed by atoms with Gasteiger partial charge in [-0.05, 0) is 24.1 Å². The summed E-state index contributed by atoms with van der Waals surface area (Å²) in [6.07, 6.45) is -3.26. The number of benzene rings is 1. The molecule has 0 radical (unpaired) electrons. The van der Waals surface area contributed by atoms with Crippen molar-refractivity contribution in [3.05, 3.63) is 29.8 Å². The van der Waals surface area contributed by atoms with Gasteiger partial charge >= 0.3 is 6.18 Å². The molecule has 1 fully saturated rings. The van der Waals surface area contributed by atoms with Crippen LogP contribution in [-0.4, -0.2) is 57.5 Å². The lowest BCUT2D eigenvalue weighted by Crippen LogP contribution is -2.39. The SMILES string of the molecule is CN=C(NCc1ccc(OCC(F)(F)F)cc1)N1CCC(COC)C1.I. The van der Waals surface area contributed by atoms with E-state index in [1.54, 1.807) is 26.3 Å². The minimum atomic E-state index is -4.33. The Morgan fingerprint density at radius 3 is 2.58 bits per heavy atom. The normalized spacial score (nSPS) is 17.8. The topological polar surface area (TPSA) is 46.1 Å². The largest absolute Gasteiger partial charge is 0.484 e. The molecule has 0 spiro atoms. The Morgan fingerprint density at radius 1 is 1.31 bits per heavy atom. The van der Waals surface area contributed by atoms with Gasteiger partial charge in [0.2, 0.25) is 0 Å². The van der Waals surface area contributed by atoms with Crippen LogP contribution in [0.25, 0.3) is 0 Å². The van der Waals surface area contributed by atoms with Crippen molar-refractivity contribution in [2.24, 2.45) is 10.9 Å². The molecule has 1 heterocycles. The van der Waals surface area contributed by atoms with Crippen LogP contribution in [-0.2, 0) is 11.3 Å². The Kier molecular flexibility index (Phi) is 9.48. The highest BCUT2D eigenvalue weighted by atomic mass is 127. The van der Waals surface area contributed by atoms with Crippen LogP contribution in [0, 0.1) is 5.92 Å². The van der Waals surface area contributed by atoms with E-state index in [4.69, 9.17) is 9.47 Å². The predicted octanol–water partition coefficient (Wildman–Crippen LogP) is 3.29. The molecule has 0 amide bonds. The van der Waals surface area contributed by atoms with Crippen LogP contribution in [0.1, 0.15) is 12.0 Å². The minimum Gasteiger partial charge on any atom is -0.484 e. The summed E-state index contributed by atoms with van der Waals surface area (Å²) in [6.45, 7) is 1.83. The highest BCUT2D eigenvalue weighted by molar-refractivity contribution is 14.0. The number of nitrogens with one attached hydrogen (secondary N) is 1. The summed E-state index contributed by atoms with van der Waals surface area (Å²) < 4.78 is 46.3. The van der Waals surface area contributed by atoms with Crippen molar-refractivity contribution in [1.82, 2.24) is 10.2 Å². The smallest absolute Gasteiger partial charge is 0.422 e. The van der Waals surface area contributed by atoms with Crippen molar-refractivity contribution >= 4 is 29.9 Å². The van der Waals surface area contributed by atoms with Crippen LogP contribution in [0.3, 0.4) is 0 Å². The molecule has 1 aliphatic heterocycles. The van der Waals surface area contributed by atoms with Gasteiger partial charge in [0.1, 0.15) is 5.75 Å². The monoisotopic (exact) mass is 487 g/mol. The molecule has 1 saturated heterocycles. The third-order valence-corrected chi connectivity index (χ3v) is 3.98. The summed E-state index contributed by atoms with van der Waals surface area (Å²) >= 11 is 0. The molecule has 1 aliphatic rings. The molecule has 148 valence electrons. The second kappa shape index (κ2) is 10.8. The second-order valence-electron chi connectivity index (χ2n) is 6.00. The average Bonchev–Trinajstić information content (AvgIpc) is 3.03. The highest BCUT2D eigenvalue weighted by Gasteiger charge is 2.28. The maximum absolute atomic E-state index is 12.1. The van der Waals surface area contributed by atoms with Gasteiger partial charge in [0.05, 0.1) is 6.61 Å². The molecule has 0 bridgehead atoms. The van der Waals surface area contributed by atoms with Crippen molar-refractivity contribution in [2.75, 3.05) is 40.5 Å². The Balaban J connectivity index is 0.00000338. The first-order valence-corrected chi connectivity index (χ1v) is 8.14. The maximum atomic E-state index is 12.1. The van der Waals surface area contributed by atoms with Gasteiger partial charge in [-0.25, -0.2) is 0 Å². The molecule has 5 nitrogen and oxygen atoms in total. The number of hydrogen-bond acceptors (Lipinski definition) is 3. The number of aliphatic imine (C=N–C) groups is 1. The quantitative estimate of drug-likeness (QED) is 0.380. The summed E-state index contributed by atoms with van der Waals surface area (Å²) in [5, 5.41) is 3.28. The standard InChI is InChI=1S/C17H24F3N3O2.HI/c1-21-16(23-8-7-14(10-23)11-24-2)22-9-13-3-5-15(6-4-13)25-12-17(18,19)20;/h3-6,14H,7-12H2,1-2H3,(H,21,22);1H. The lowest BCUT2D eigenvalue weighted by atomic mass is 10.1. The maximum Gasteiger partial charge on any atom is 0.422 e. The molecule has 0 saturated carbocycles. The first kappa shape index (κ1) is 22.8. The van der Waals surface area contributed by atoms with E-state index in [0.29, 0.717) is 12.5 Å². The molecular weight excluding hydrogens is 462 g/mol. The zero-order valence-corrected chi connectivity index (χ0v) is 17.2. The predicted molar refractivity (Wildman–Crippen MR) is 105 cm³/mol. The van der Waals surface area contributed by atoms with Gasteiger partial charge < -0.3 is 19.7 Å². The van der Waals surface area contributed by atoms with Gasteiger partial charge in [-0.3, -0.25) is 4.99 Å². The van der Waals surface area contributed by atoms with E-state index in [1.165, 1.54) is 12.1 Å². The molecule has 1 atom stereocenters. The number of ether oxygens (including phenoxy) is 2. The number of alkyl halides is 3. The van der Waals surface area contributed by atoms with E-state index in [1.807, 2.05) is 0 Å². The summed E-state index contributed by atoms with van der Waals surface area (Å²) in [5.74, 6) is 1.53. The number of likely N-dealkylation sites (tertiary alicyclic amines) is 1. The van der Waals surface area contributed by atoms with Crippen LogP contribution in [0.5, 0.6) is 5.75 Å². The van der Waals surface area contributed by atoms with Crippen LogP contribution in [0.15, 0.2) is 29.3 Å². The first-order valence-electron chi connectivity index (χ1n) is 8.14. The van der Waals surface area contributed by atoms with Gasteiger partial charge in [0, 0.05) is 39.7 Å². The Labute approximate surface area is 169 Å². The number of halogens is 4. The molecule has 9 heteroatoms. The van der Waals surface area contributed by atoms with Crippen LogP contribution < -0.4 is 10.1 Å². The molecule has 0 aromatic heterocycles. The van der Waals surface area contributed by atoms with Crippen molar-refractivity contribution in [3.8, 4) is 5.75 Å². The van der Waals surface area contributed by atoms with E-state index in [-0.39, 0.29) is 29.7 Å². The number of methoxy groups -OCH3 is 1. The molecular formula is C17H25F3IN3O2. The minimum absolute atomic E-state index is 0. The molecule has 1 unspecified atom stereocenters. The van der Waals surface area contributed by atoms with E-state index in [0.717, 1.165) is 37.6 Å². The van der Waals surface area contributed by atoms with E-state index in [2.05, 4.69) is 15.2 Å². The summed E-state index contributed by atoms with van der Waals surface area (Å²) in [6, 6.07) is 6.55. The number of hydrogen-bond donors (Lipinski definition) is 1. The van der Waals surface area contributed by atoms with Crippen molar-refractivity contribution in [1.29, 1.82) is 0 Å². The van der Waals surface area contributed by atoms with E-state index >= 15 is 0 Å². The summed E-state index contributed by atoms with van der Waals surface area (Å²) in [5.41, 5.74) is 0.938. The lowest BCUT2D eigenvalue weighted by Gasteiger charge is -2.21. The zero-order chi connectivity index (χ0) is 18.3. The van der Waals surface area contributed by atoms with Gasteiger partial charge in [-0.2, -0.15) is 13.2 Å². The van der Waals surface area contributed by atoms with Gasteiger partial charge in [0.15, 0.2) is 12.6 Å². The molecule has 1 aromatic carbocycles. The Bertz CT molecular complexity index is 567. The number of nitrogens with zero attached hydrogens (tertiary/aromatic N) is 2. The summed E-state index contributed by atoms with van der Waals surface area (Å²) in [7, 11) is 3.44. The fourth-order valence-corrected chi connectivity index (χ4v) is 2.78. The Morgan fingerprint density at radius 2 is 2.00 bits per heavy atom. The van der Waals surface area contributed by atoms with Gasteiger partial charge in [0.25, 0.3) is 0 Å². The Hall–Kier alpha value is -1.23. The van der Waals surface area contributed by atoms with Gasteiger partial charge in [-0.15, -0.1) is 24.0 Å². The average molecular weight is 487 g/mol. The van der Waals surface area contributed by atoms with Crippen LogP contribution >= 0.6 is 24.0 Å². The van der Waals surface area contributed by atoms with Crippen molar-refractivity contribution < 1.29 is 22.6 Å². The molecule has 1 N–H and O–H groups in total. The third kappa shape index (κ3) is 7.56. The van der Waals surface area contributed by atoms with Gasteiger partial charge in [-0.1, -0.05) is 12.1 Å². The molecule has 2 rings (SSSR count). The zero-order valence-electron chi connectivity index (χ0n) is 14.9. The molecule has 0 aliphatic carbocycles. The highest BCUT2D eigenvalue weighted by Crippen LogP contribution is 2.19. The number of guanidine groups is 1. The van der Waals surface area contributed by atoms with E-state index in [9.17, 15) is 13.2 Å².